The lowest BCUT2D eigenvalue weighted by molar-refractivity contribution is 0.213. The fourth-order valence-electron chi connectivity index (χ4n) is 4.02. The van der Waals surface area contributed by atoms with Gasteiger partial charge in [0.25, 0.3) is 0 Å². The number of aryl methyl sites for hydroxylation is 1. The van der Waals surface area contributed by atoms with Crippen molar-refractivity contribution in [1.29, 1.82) is 0 Å². The molecule has 4 rings (SSSR count). The van der Waals surface area contributed by atoms with Gasteiger partial charge >= 0.3 is 0 Å². The molecule has 2 aromatic heterocycles. The van der Waals surface area contributed by atoms with Gasteiger partial charge < -0.3 is 9.67 Å². The van der Waals surface area contributed by atoms with E-state index in [1.165, 1.54) is 5.56 Å². The van der Waals surface area contributed by atoms with Gasteiger partial charge in [-0.25, -0.2) is 4.98 Å². The van der Waals surface area contributed by atoms with Crippen molar-refractivity contribution in [2.45, 2.75) is 32.4 Å². The molecular formula is C20H27N5O. The number of fused-ring (bicyclic) bond motifs is 1. The summed E-state index contributed by atoms with van der Waals surface area (Å²) in [5.74, 6) is 1.64. The Morgan fingerprint density at radius 3 is 2.73 bits per heavy atom. The van der Waals surface area contributed by atoms with Crippen molar-refractivity contribution >= 4 is 11.0 Å². The Bertz CT molecular complexity index is 897. The Balaban J connectivity index is 1.53. The molecule has 1 fully saturated rings. The standard InChI is InChI=1S/C20H27N5O/c1-14(2)25-10-15(8-21-25)17-11-24(9-16(17)13-26)12-20-22-18-6-4-5-7-19(18)23(20)3/h4-8,10,14,16-17,26H,9,11-13H2,1-3H3/t16-,17-/m0/s1. The number of para-hydroxylation sites is 2. The van der Waals surface area contributed by atoms with Gasteiger partial charge in [0.2, 0.25) is 0 Å². The average molecular weight is 353 g/mol. The average Bonchev–Trinajstić information content (AvgIpc) is 3.33. The smallest absolute Gasteiger partial charge is 0.123 e. The fourth-order valence-corrected chi connectivity index (χ4v) is 4.02. The molecular weight excluding hydrogens is 326 g/mol. The summed E-state index contributed by atoms with van der Waals surface area (Å²) in [7, 11) is 2.08. The van der Waals surface area contributed by atoms with E-state index in [1.54, 1.807) is 0 Å². The molecule has 6 nitrogen and oxygen atoms in total. The summed E-state index contributed by atoms with van der Waals surface area (Å²) >= 11 is 0. The summed E-state index contributed by atoms with van der Waals surface area (Å²) in [6.07, 6.45) is 4.10. The molecule has 2 atom stereocenters. The molecule has 1 aromatic carbocycles. The maximum atomic E-state index is 9.89. The molecule has 1 saturated heterocycles. The maximum Gasteiger partial charge on any atom is 0.123 e. The SMILES string of the molecule is CC(C)n1cc([C@@H]2CN(Cc3nc4ccccc4n3C)C[C@H]2CO)cn1. The van der Waals surface area contributed by atoms with E-state index in [0.717, 1.165) is 36.5 Å². The van der Waals surface area contributed by atoms with E-state index in [4.69, 9.17) is 4.98 Å². The summed E-state index contributed by atoms with van der Waals surface area (Å²) in [6, 6.07) is 8.60. The van der Waals surface area contributed by atoms with Crippen LogP contribution in [0.5, 0.6) is 0 Å². The van der Waals surface area contributed by atoms with Crippen LogP contribution in [-0.2, 0) is 13.6 Å². The molecule has 6 heteroatoms. The van der Waals surface area contributed by atoms with Crippen LogP contribution in [0.1, 0.15) is 37.2 Å². The minimum Gasteiger partial charge on any atom is -0.396 e. The Labute approximate surface area is 154 Å². The van der Waals surface area contributed by atoms with Gasteiger partial charge in [-0.15, -0.1) is 0 Å². The zero-order valence-corrected chi connectivity index (χ0v) is 15.7. The molecule has 0 amide bonds. The molecule has 0 radical (unpaired) electrons. The lowest BCUT2D eigenvalue weighted by Crippen LogP contribution is -2.22. The molecule has 3 heterocycles. The predicted octanol–water partition coefficient (Wildman–Crippen LogP) is 2.56. The Kier molecular flexibility index (Phi) is 4.54. The summed E-state index contributed by atoms with van der Waals surface area (Å²) in [5, 5.41) is 14.4. The lowest BCUT2D eigenvalue weighted by atomic mass is 9.92. The van der Waals surface area contributed by atoms with Crippen LogP contribution in [0.25, 0.3) is 11.0 Å². The summed E-state index contributed by atoms with van der Waals surface area (Å²) in [5.41, 5.74) is 3.43. The second kappa shape index (κ2) is 6.85. The molecule has 0 bridgehead atoms. The van der Waals surface area contributed by atoms with Crippen molar-refractivity contribution in [3.05, 3.63) is 48.0 Å². The Morgan fingerprint density at radius 1 is 1.23 bits per heavy atom. The van der Waals surface area contributed by atoms with Crippen molar-refractivity contribution in [2.24, 2.45) is 13.0 Å². The first-order valence-electron chi connectivity index (χ1n) is 9.34. The van der Waals surface area contributed by atoms with Gasteiger partial charge in [0.15, 0.2) is 0 Å². The number of aliphatic hydroxyl groups excluding tert-OH is 1. The van der Waals surface area contributed by atoms with E-state index in [0.29, 0.717) is 12.0 Å². The molecule has 1 aliphatic rings. The third-order valence-electron chi connectivity index (χ3n) is 5.57. The predicted molar refractivity (Wildman–Crippen MR) is 102 cm³/mol. The highest BCUT2D eigenvalue weighted by molar-refractivity contribution is 5.75. The minimum absolute atomic E-state index is 0.205. The van der Waals surface area contributed by atoms with Crippen LogP contribution in [0.3, 0.4) is 0 Å². The summed E-state index contributed by atoms with van der Waals surface area (Å²) < 4.78 is 4.17. The molecule has 0 unspecified atom stereocenters. The van der Waals surface area contributed by atoms with Crippen molar-refractivity contribution in [2.75, 3.05) is 19.7 Å². The van der Waals surface area contributed by atoms with Crippen LogP contribution in [0.2, 0.25) is 0 Å². The molecule has 0 saturated carbocycles. The fraction of sp³-hybridized carbons (Fsp3) is 0.500. The molecule has 26 heavy (non-hydrogen) atoms. The number of likely N-dealkylation sites (tertiary alicyclic amines) is 1. The monoisotopic (exact) mass is 353 g/mol. The topological polar surface area (TPSA) is 59.1 Å². The number of imidazole rings is 1. The van der Waals surface area contributed by atoms with Crippen molar-refractivity contribution in [3.63, 3.8) is 0 Å². The van der Waals surface area contributed by atoms with E-state index in [9.17, 15) is 5.11 Å². The van der Waals surface area contributed by atoms with E-state index >= 15 is 0 Å². The number of aliphatic hydroxyl groups is 1. The van der Waals surface area contributed by atoms with Gasteiger partial charge in [-0.1, -0.05) is 12.1 Å². The Hall–Kier alpha value is -2.18. The van der Waals surface area contributed by atoms with Gasteiger partial charge in [0, 0.05) is 50.8 Å². The van der Waals surface area contributed by atoms with Gasteiger partial charge in [0.1, 0.15) is 5.82 Å². The zero-order valence-electron chi connectivity index (χ0n) is 15.7. The largest absolute Gasteiger partial charge is 0.396 e. The summed E-state index contributed by atoms with van der Waals surface area (Å²) in [6.45, 7) is 7.09. The first-order chi connectivity index (χ1) is 12.6. The highest BCUT2D eigenvalue weighted by Crippen LogP contribution is 2.33. The number of rotatable bonds is 5. The van der Waals surface area contributed by atoms with Gasteiger partial charge in [-0.3, -0.25) is 9.58 Å². The number of nitrogens with zero attached hydrogens (tertiary/aromatic N) is 5. The molecule has 0 spiro atoms. The normalized spacial score (nSPS) is 21.3. The minimum atomic E-state index is 0.205. The van der Waals surface area contributed by atoms with Crippen molar-refractivity contribution in [3.8, 4) is 0 Å². The highest BCUT2D eigenvalue weighted by atomic mass is 16.3. The van der Waals surface area contributed by atoms with Gasteiger partial charge in [-0.05, 0) is 31.5 Å². The highest BCUT2D eigenvalue weighted by Gasteiger charge is 2.34. The van der Waals surface area contributed by atoms with Crippen LogP contribution in [0, 0.1) is 5.92 Å². The molecule has 0 aliphatic carbocycles. The van der Waals surface area contributed by atoms with E-state index in [2.05, 4.69) is 53.8 Å². The zero-order chi connectivity index (χ0) is 18.3. The van der Waals surface area contributed by atoms with Crippen LogP contribution in [0.4, 0.5) is 0 Å². The molecule has 1 N–H and O–H groups in total. The van der Waals surface area contributed by atoms with E-state index in [1.807, 2.05) is 23.0 Å². The number of aromatic nitrogens is 4. The van der Waals surface area contributed by atoms with Crippen LogP contribution in [-0.4, -0.2) is 49.0 Å². The van der Waals surface area contributed by atoms with E-state index < -0.39 is 0 Å². The second-order valence-electron chi connectivity index (χ2n) is 7.67. The first kappa shape index (κ1) is 17.2. The quantitative estimate of drug-likeness (QED) is 0.766. The molecule has 138 valence electrons. The number of hydrogen-bond acceptors (Lipinski definition) is 4. The van der Waals surface area contributed by atoms with Crippen LogP contribution in [0.15, 0.2) is 36.7 Å². The van der Waals surface area contributed by atoms with Gasteiger partial charge in [0.05, 0.1) is 23.8 Å². The molecule has 1 aliphatic heterocycles. The number of hydrogen-bond donors (Lipinski definition) is 1. The van der Waals surface area contributed by atoms with Crippen LogP contribution >= 0.6 is 0 Å². The van der Waals surface area contributed by atoms with E-state index in [-0.39, 0.29) is 12.5 Å². The summed E-state index contributed by atoms with van der Waals surface area (Å²) in [4.78, 5) is 7.20. The molecule has 3 aromatic rings. The first-order valence-corrected chi connectivity index (χ1v) is 9.34. The van der Waals surface area contributed by atoms with Crippen molar-refractivity contribution < 1.29 is 5.11 Å². The van der Waals surface area contributed by atoms with Crippen LogP contribution < -0.4 is 0 Å². The second-order valence-corrected chi connectivity index (χ2v) is 7.67. The van der Waals surface area contributed by atoms with Crippen molar-refractivity contribution in [1.82, 2.24) is 24.2 Å². The third kappa shape index (κ3) is 3.04. The number of benzene rings is 1. The lowest BCUT2D eigenvalue weighted by Gasteiger charge is -2.15. The maximum absolute atomic E-state index is 9.89. The third-order valence-corrected chi connectivity index (χ3v) is 5.57. The van der Waals surface area contributed by atoms with Gasteiger partial charge in [-0.2, -0.15) is 5.10 Å². The Morgan fingerprint density at radius 2 is 2.04 bits per heavy atom.